The Hall–Kier alpha value is -1.96. The van der Waals surface area contributed by atoms with Gasteiger partial charge >= 0.3 is 0 Å². The molecule has 1 amide bonds. The molecule has 0 atom stereocenters. The van der Waals surface area contributed by atoms with Gasteiger partial charge in [0, 0.05) is 6.07 Å². The molecule has 0 saturated carbocycles. The van der Waals surface area contributed by atoms with Crippen molar-refractivity contribution in [2.45, 2.75) is 26.7 Å². The monoisotopic (exact) mass is 395 g/mol. The molecule has 9 heteroatoms. The van der Waals surface area contributed by atoms with Gasteiger partial charge in [-0.25, -0.2) is 15.0 Å². The van der Waals surface area contributed by atoms with E-state index in [1.54, 1.807) is 13.0 Å². The van der Waals surface area contributed by atoms with Crippen molar-refractivity contribution in [1.82, 2.24) is 20.3 Å². The first-order chi connectivity index (χ1) is 11.9. The predicted octanol–water partition coefficient (Wildman–Crippen LogP) is 4.56. The molecule has 1 aliphatic rings. The molecule has 0 unspecified atom stereocenters. The molecule has 2 aromatic rings. The fourth-order valence-corrected chi connectivity index (χ4v) is 3.59. The summed E-state index contributed by atoms with van der Waals surface area (Å²) in [4.78, 5) is 25.3. The molecule has 3 rings (SSSR count). The highest BCUT2D eigenvalue weighted by molar-refractivity contribution is 7.17. The Kier molecular flexibility index (Phi) is 5.36. The zero-order valence-corrected chi connectivity index (χ0v) is 15.9. The van der Waals surface area contributed by atoms with E-state index in [0.29, 0.717) is 37.5 Å². The molecule has 0 fully saturated rings. The summed E-state index contributed by atoms with van der Waals surface area (Å²) in [5.74, 6) is 0.825. The van der Waals surface area contributed by atoms with Crippen LogP contribution in [0.2, 0.25) is 5.15 Å². The van der Waals surface area contributed by atoms with Crippen LogP contribution in [-0.2, 0) is 0 Å². The maximum Gasteiger partial charge on any atom is 0.267 e. The van der Waals surface area contributed by atoms with Gasteiger partial charge in [-0.1, -0.05) is 40.6 Å². The van der Waals surface area contributed by atoms with Crippen molar-refractivity contribution in [2.24, 2.45) is 0 Å². The van der Waals surface area contributed by atoms with Gasteiger partial charge in [-0.15, -0.1) is 0 Å². The van der Waals surface area contributed by atoms with Gasteiger partial charge in [0.1, 0.15) is 21.7 Å². The Morgan fingerprint density at radius 3 is 2.80 bits per heavy atom. The third kappa shape index (κ3) is 4.36. The lowest BCUT2D eigenvalue weighted by Gasteiger charge is -2.16. The minimum atomic E-state index is -0.245. The standard InChI is InChI=1S/C16H15Cl2N5OS/c1-8-4-3-5-10(17)14(8)23-15(24)11-7-19-16(25-11)22-13-6-12(18)20-9(2)21-13/h5-7H,3-4H2,1-2H3,(H,23,24)(H,19,20,21,22). The van der Waals surface area contributed by atoms with Gasteiger partial charge in [0.05, 0.1) is 16.9 Å². The van der Waals surface area contributed by atoms with Gasteiger partial charge in [0.2, 0.25) is 0 Å². The van der Waals surface area contributed by atoms with Crippen LogP contribution in [0.15, 0.2) is 34.6 Å². The fraction of sp³-hybridized carbons (Fsp3) is 0.250. The van der Waals surface area contributed by atoms with E-state index in [1.807, 2.05) is 13.0 Å². The second-order valence-corrected chi connectivity index (χ2v) is 7.30. The maximum absolute atomic E-state index is 12.4. The van der Waals surface area contributed by atoms with Gasteiger partial charge in [-0.3, -0.25) is 4.79 Å². The predicted molar refractivity (Wildman–Crippen MR) is 101 cm³/mol. The van der Waals surface area contributed by atoms with Gasteiger partial charge < -0.3 is 10.6 Å². The van der Waals surface area contributed by atoms with Gasteiger partial charge in [0.15, 0.2) is 5.13 Å². The van der Waals surface area contributed by atoms with Gasteiger partial charge in [0.25, 0.3) is 5.91 Å². The molecule has 2 N–H and O–H groups in total. The SMILES string of the molecule is CC1=C(NC(=O)c2cnc(Nc3cc(Cl)nc(C)n3)s2)C(Cl)=CCC1. The number of hydrogen-bond donors (Lipinski definition) is 2. The Morgan fingerprint density at radius 1 is 1.28 bits per heavy atom. The number of allylic oxidation sites excluding steroid dienone is 3. The third-order valence-electron chi connectivity index (χ3n) is 3.52. The van der Waals surface area contributed by atoms with Crippen LogP contribution >= 0.6 is 34.5 Å². The second kappa shape index (κ2) is 7.51. The maximum atomic E-state index is 12.4. The van der Waals surface area contributed by atoms with Crippen LogP contribution in [0.1, 0.15) is 35.3 Å². The van der Waals surface area contributed by atoms with E-state index in [2.05, 4.69) is 25.6 Å². The highest BCUT2D eigenvalue weighted by Crippen LogP contribution is 2.27. The van der Waals surface area contributed by atoms with Crippen LogP contribution < -0.4 is 10.6 Å². The molecule has 0 spiro atoms. The molecular weight excluding hydrogens is 381 g/mol. The molecule has 0 radical (unpaired) electrons. The van der Waals surface area contributed by atoms with E-state index >= 15 is 0 Å². The Morgan fingerprint density at radius 2 is 2.08 bits per heavy atom. The number of carbonyl (C=O) groups is 1. The van der Waals surface area contributed by atoms with Crippen LogP contribution in [-0.4, -0.2) is 20.9 Å². The highest BCUT2D eigenvalue weighted by atomic mass is 35.5. The van der Waals surface area contributed by atoms with E-state index in [-0.39, 0.29) is 5.91 Å². The summed E-state index contributed by atoms with van der Waals surface area (Å²) in [7, 11) is 0. The number of rotatable bonds is 4. The fourth-order valence-electron chi connectivity index (χ4n) is 2.33. The Bertz CT molecular complexity index is 870. The quantitative estimate of drug-likeness (QED) is 0.741. The average molecular weight is 396 g/mol. The summed E-state index contributed by atoms with van der Waals surface area (Å²) < 4.78 is 0. The molecule has 0 saturated heterocycles. The van der Waals surface area contributed by atoms with E-state index < -0.39 is 0 Å². The van der Waals surface area contributed by atoms with Crippen LogP contribution in [0.25, 0.3) is 0 Å². The second-order valence-electron chi connectivity index (χ2n) is 5.48. The number of halogens is 2. The molecule has 25 heavy (non-hydrogen) atoms. The van der Waals surface area contributed by atoms with E-state index in [0.717, 1.165) is 18.4 Å². The summed E-state index contributed by atoms with van der Waals surface area (Å²) in [6.45, 7) is 3.71. The summed E-state index contributed by atoms with van der Waals surface area (Å²) in [5, 5.41) is 7.34. The van der Waals surface area contributed by atoms with Crippen LogP contribution in [0.3, 0.4) is 0 Å². The lowest BCUT2D eigenvalue weighted by Crippen LogP contribution is -2.24. The topological polar surface area (TPSA) is 79.8 Å². The van der Waals surface area contributed by atoms with Crippen LogP contribution in [0.4, 0.5) is 10.9 Å². The van der Waals surface area contributed by atoms with Crippen molar-refractivity contribution >= 4 is 51.4 Å². The van der Waals surface area contributed by atoms with Crippen molar-refractivity contribution in [3.8, 4) is 0 Å². The van der Waals surface area contributed by atoms with Gasteiger partial charge in [-0.2, -0.15) is 0 Å². The average Bonchev–Trinajstić information content (AvgIpc) is 2.98. The molecule has 2 aromatic heterocycles. The first-order valence-corrected chi connectivity index (χ1v) is 9.11. The number of carbonyl (C=O) groups excluding carboxylic acids is 1. The molecule has 6 nitrogen and oxygen atoms in total. The van der Waals surface area contributed by atoms with Crippen LogP contribution in [0, 0.1) is 6.92 Å². The zero-order valence-electron chi connectivity index (χ0n) is 13.6. The van der Waals surface area contributed by atoms with Gasteiger partial charge in [-0.05, 0) is 32.3 Å². The van der Waals surface area contributed by atoms with Crippen molar-refractivity contribution in [3.63, 3.8) is 0 Å². The molecule has 130 valence electrons. The van der Waals surface area contributed by atoms with Crippen molar-refractivity contribution in [3.05, 3.63) is 50.5 Å². The molecule has 0 bridgehead atoms. The molecule has 0 aromatic carbocycles. The summed E-state index contributed by atoms with van der Waals surface area (Å²) >= 11 is 13.3. The molecule has 2 heterocycles. The minimum Gasteiger partial charge on any atom is -0.320 e. The number of amides is 1. The normalized spacial score (nSPS) is 14.3. The third-order valence-corrected chi connectivity index (χ3v) is 4.97. The molecular formula is C16H15Cl2N5OS. The molecule has 1 aliphatic carbocycles. The minimum absolute atomic E-state index is 0.245. The zero-order chi connectivity index (χ0) is 18.0. The lowest BCUT2D eigenvalue weighted by molar-refractivity contribution is 0.0970. The van der Waals surface area contributed by atoms with E-state index in [9.17, 15) is 4.79 Å². The number of nitrogens with one attached hydrogen (secondary N) is 2. The smallest absolute Gasteiger partial charge is 0.267 e. The number of nitrogens with zero attached hydrogens (tertiary/aromatic N) is 3. The van der Waals surface area contributed by atoms with Crippen molar-refractivity contribution < 1.29 is 4.79 Å². The number of aryl methyl sites for hydroxylation is 1. The summed E-state index contributed by atoms with van der Waals surface area (Å²) in [6.07, 6.45) is 5.19. The van der Waals surface area contributed by atoms with Crippen molar-refractivity contribution in [1.29, 1.82) is 0 Å². The van der Waals surface area contributed by atoms with E-state index in [1.165, 1.54) is 17.5 Å². The first-order valence-electron chi connectivity index (χ1n) is 7.53. The molecule has 0 aliphatic heterocycles. The summed E-state index contributed by atoms with van der Waals surface area (Å²) in [6, 6.07) is 1.59. The number of anilines is 2. The largest absolute Gasteiger partial charge is 0.320 e. The van der Waals surface area contributed by atoms with Crippen LogP contribution in [0.5, 0.6) is 0 Å². The number of hydrogen-bond acceptors (Lipinski definition) is 6. The Labute approximate surface area is 159 Å². The van der Waals surface area contributed by atoms with E-state index in [4.69, 9.17) is 23.2 Å². The number of thiazole rings is 1. The lowest BCUT2D eigenvalue weighted by atomic mass is 10.0. The Balaban J connectivity index is 1.72. The first kappa shape index (κ1) is 17.8. The highest BCUT2D eigenvalue weighted by Gasteiger charge is 2.17. The van der Waals surface area contributed by atoms with Crippen molar-refractivity contribution in [2.75, 3.05) is 5.32 Å². The summed E-state index contributed by atoms with van der Waals surface area (Å²) in [5.41, 5.74) is 1.74. The number of aromatic nitrogens is 3.